The summed E-state index contributed by atoms with van der Waals surface area (Å²) in [6, 6.07) is 0.126. The lowest BCUT2D eigenvalue weighted by Gasteiger charge is -2.23. The average molecular weight is 242 g/mol. The summed E-state index contributed by atoms with van der Waals surface area (Å²) >= 11 is 0. The fourth-order valence-electron chi connectivity index (χ4n) is 2.19. The van der Waals surface area contributed by atoms with Gasteiger partial charge >= 0.3 is 0 Å². The molecule has 0 bridgehead atoms. The Bertz CT molecular complexity index is 213. The molecule has 1 heterocycles. The molecule has 0 spiro atoms. The molecule has 17 heavy (non-hydrogen) atoms. The van der Waals surface area contributed by atoms with Crippen LogP contribution in [0, 0.1) is 0 Å². The van der Waals surface area contributed by atoms with Crippen LogP contribution in [0.3, 0.4) is 0 Å². The van der Waals surface area contributed by atoms with E-state index in [0.29, 0.717) is 6.61 Å². The third-order valence-electron chi connectivity index (χ3n) is 3.33. The van der Waals surface area contributed by atoms with Gasteiger partial charge in [-0.3, -0.25) is 4.79 Å². The van der Waals surface area contributed by atoms with E-state index in [9.17, 15) is 4.79 Å². The van der Waals surface area contributed by atoms with E-state index < -0.39 is 0 Å². The van der Waals surface area contributed by atoms with E-state index in [-0.39, 0.29) is 18.0 Å². The zero-order chi connectivity index (χ0) is 12.5. The first-order valence-corrected chi connectivity index (χ1v) is 6.80. The largest absolute Gasteiger partial charge is 0.383 e. The van der Waals surface area contributed by atoms with Gasteiger partial charge in [0.1, 0.15) is 0 Å². The molecule has 1 amide bonds. The zero-order valence-corrected chi connectivity index (χ0v) is 11.1. The van der Waals surface area contributed by atoms with E-state index in [1.54, 1.807) is 7.11 Å². The van der Waals surface area contributed by atoms with E-state index in [2.05, 4.69) is 17.6 Å². The highest BCUT2D eigenvalue weighted by molar-refractivity contribution is 5.82. The van der Waals surface area contributed by atoms with Crippen LogP contribution >= 0.6 is 0 Å². The molecule has 1 saturated heterocycles. The molecule has 4 nitrogen and oxygen atoms in total. The van der Waals surface area contributed by atoms with Crippen molar-refractivity contribution in [3.63, 3.8) is 0 Å². The van der Waals surface area contributed by atoms with Crippen molar-refractivity contribution in [3.8, 4) is 0 Å². The zero-order valence-electron chi connectivity index (χ0n) is 11.1. The Morgan fingerprint density at radius 3 is 2.88 bits per heavy atom. The molecule has 0 saturated carbocycles. The van der Waals surface area contributed by atoms with Gasteiger partial charge in [0.05, 0.1) is 18.7 Å². The summed E-state index contributed by atoms with van der Waals surface area (Å²) in [6.45, 7) is 3.61. The number of carbonyl (C=O) groups excluding carboxylic acids is 1. The molecule has 0 aromatic carbocycles. The molecule has 100 valence electrons. The smallest absolute Gasteiger partial charge is 0.237 e. The highest BCUT2D eigenvalue weighted by atomic mass is 16.5. The number of methoxy groups -OCH3 is 1. The van der Waals surface area contributed by atoms with Gasteiger partial charge in [-0.25, -0.2) is 0 Å². The molecule has 1 aliphatic heterocycles. The van der Waals surface area contributed by atoms with E-state index in [1.165, 1.54) is 19.3 Å². The minimum Gasteiger partial charge on any atom is -0.383 e. The molecule has 0 aliphatic carbocycles. The van der Waals surface area contributed by atoms with Gasteiger partial charge in [0.15, 0.2) is 0 Å². The summed E-state index contributed by atoms with van der Waals surface area (Å²) < 4.78 is 5.09. The van der Waals surface area contributed by atoms with Crippen molar-refractivity contribution in [3.05, 3.63) is 0 Å². The highest BCUT2D eigenvalue weighted by Gasteiger charge is 2.20. The van der Waals surface area contributed by atoms with Crippen LogP contribution in [0.1, 0.15) is 45.4 Å². The highest BCUT2D eigenvalue weighted by Crippen LogP contribution is 2.10. The van der Waals surface area contributed by atoms with Crippen LogP contribution in [-0.2, 0) is 9.53 Å². The average Bonchev–Trinajstić information content (AvgIpc) is 2.27. The normalized spacial score (nSPS) is 23.5. The van der Waals surface area contributed by atoms with Crippen molar-refractivity contribution in [2.75, 3.05) is 20.3 Å². The first-order valence-electron chi connectivity index (χ1n) is 6.80. The van der Waals surface area contributed by atoms with Gasteiger partial charge in [-0.05, 0) is 25.8 Å². The topological polar surface area (TPSA) is 50.4 Å². The maximum absolute atomic E-state index is 12.1. The lowest BCUT2D eigenvalue weighted by molar-refractivity contribution is -0.124. The standard InChI is InChI=1S/C13H26N2O2/c1-3-11(10-17-2)15-13(16)12-8-6-4-5-7-9-14-12/h11-12,14H,3-10H2,1-2H3,(H,15,16). The SMILES string of the molecule is CCC(COC)NC(=O)C1CCCCCCN1. The van der Waals surface area contributed by atoms with Crippen molar-refractivity contribution in [2.24, 2.45) is 0 Å². The number of ether oxygens (including phenoxy) is 1. The van der Waals surface area contributed by atoms with Crippen molar-refractivity contribution >= 4 is 5.91 Å². The number of amides is 1. The lowest BCUT2D eigenvalue weighted by Crippen LogP contribution is -2.49. The predicted molar refractivity (Wildman–Crippen MR) is 69.0 cm³/mol. The van der Waals surface area contributed by atoms with E-state index in [1.807, 2.05) is 0 Å². The number of rotatable bonds is 5. The third-order valence-corrected chi connectivity index (χ3v) is 3.33. The Kier molecular flexibility index (Phi) is 7.21. The summed E-state index contributed by atoms with van der Waals surface area (Å²) in [5.74, 6) is 0.135. The minimum atomic E-state index is -0.0128. The van der Waals surface area contributed by atoms with Crippen LogP contribution in [-0.4, -0.2) is 38.3 Å². The van der Waals surface area contributed by atoms with Gasteiger partial charge in [-0.2, -0.15) is 0 Å². The first-order chi connectivity index (χ1) is 8.27. The summed E-state index contributed by atoms with van der Waals surface area (Å²) in [4.78, 5) is 12.1. The molecule has 2 atom stereocenters. The van der Waals surface area contributed by atoms with Gasteiger partial charge in [0, 0.05) is 7.11 Å². The Labute approximate surface area is 104 Å². The molecule has 1 fully saturated rings. The second-order valence-corrected chi connectivity index (χ2v) is 4.78. The van der Waals surface area contributed by atoms with Gasteiger partial charge in [0.2, 0.25) is 5.91 Å². The molecular weight excluding hydrogens is 216 g/mol. The maximum atomic E-state index is 12.1. The summed E-state index contributed by atoms with van der Waals surface area (Å²) in [7, 11) is 1.67. The Morgan fingerprint density at radius 2 is 2.18 bits per heavy atom. The Balaban J connectivity index is 2.37. The second-order valence-electron chi connectivity index (χ2n) is 4.78. The van der Waals surface area contributed by atoms with Crippen LogP contribution in [0.4, 0.5) is 0 Å². The third kappa shape index (κ3) is 5.50. The summed E-state index contributed by atoms with van der Waals surface area (Å²) in [5, 5.41) is 6.40. The number of hydrogen-bond donors (Lipinski definition) is 2. The van der Waals surface area contributed by atoms with Gasteiger partial charge in [-0.15, -0.1) is 0 Å². The van der Waals surface area contributed by atoms with Crippen LogP contribution in [0.25, 0.3) is 0 Å². The maximum Gasteiger partial charge on any atom is 0.237 e. The number of carbonyl (C=O) groups is 1. The fraction of sp³-hybridized carbons (Fsp3) is 0.923. The number of hydrogen-bond acceptors (Lipinski definition) is 3. The van der Waals surface area contributed by atoms with Crippen LogP contribution < -0.4 is 10.6 Å². The van der Waals surface area contributed by atoms with Crippen molar-refractivity contribution in [1.82, 2.24) is 10.6 Å². The van der Waals surface area contributed by atoms with E-state index in [4.69, 9.17) is 4.74 Å². The lowest BCUT2D eigenvalue weighted by atomic mass is 10.0. The molecule has 0 radical (unpaired) electrons. The minimum absolute atomic E-state index is 0.0128. The van der Waals surface area contributed by atoms with Gasteiger partial charge < -0.3 is 15.4 Å². The first kappa shape index (κ1) is 14.5. The van der Waals surface area contributed by atoms with Gasteiger partial charge in [0.25, 0.3) is 0 Å². The molecule has 2 N–H and O–H groups in total. The molecule has 0 aromatic rings. The molecule has 0 aromatic heterocycles. The quantitative estimate of drug-likeness (QED) is 0.767. The molecule has 1 rings (SSSR count). The van der Waals surface area contributed by atoms with Gasteiger partial charge in [-0.1, -0.05) is 26.2 Å². The molecule has 4 heteroatoms. The van der Waals surface area contributed by atoms with Crippen LogP contribution in [0.15, 0.2) is 0 Å². The number of nitrogens with one attached hydrogen (secondary N) is 2. The van der Waals surface area contributed by atoms with E-state index >= 15 is 0 Å². The van der Waals surface area contributed by atoms with Crippen LogP contribution in [0.5, 0.6) is 0 Å². The molecule has 2 unspecified atom stereocenters. The van der Waals surface area contributed by atoms with E-state index in [0.717, 1.165) is 25.8 Å². The van der Waals surface area contributed by atoms with Crippen molar-refractivity contribution in [2.45, 2.75) is 57.5 Å². The predicted octanol–water partition coefficient (Wildman–Crippen LogP) is 1.45. The Morgan fingerprint density at radius 1 is 1.41 bits per heavy atom. The Hall–Kier alpha value is -0.610. The monoisotopic (exact) mass is 242 g/mol. The summed E-state index contributed by atoms with van der Waals surface area (Å²) in [6.07, 6.45) is 6.72. The van der Waals surface area contributed by atoms with Crippen molar-refractivity contribution in [1.29, 1.82) is 0 Å². The van der Waals surface area contributed by atoms with Crippen LogP contribution in [0.2, 0.25) is 0 Å². The fourth-order valence-corrected chi connectivity index (χ4v) is 2.19. The molecule has 1 aliphatic rings. The summed E-state index contributed by atoms with van der Waals surface area (Å²) in [5.41, 5.74) is 0. The van der Waals surface area contributed by atoms with Crippen molar-refractivity contribution < 1.29 is 9.53 Å². The second kappa shape index (κ2) is 8.48. The molecular formula is C13H26N2O2.